The lowest BCUT2D eigenvalue weighted by Gasteiger charge is -2.35. The minimum absolute atomic E-state index is 0.153. The maximum atomic E-state index is 12.5. The van der Waals surface area contributed by atoms with E-state index in [4.69, 9.17) is 16.3 Å². The van der Waals surface area contributed by atoms with Gasteiger partial charge in [-0.05, 0) is 31.0 Å². The number of nitrogens with one attached hydrogen (secondary N) is 1. The van der Waals surface area contributed by atoms with Gasteiger partial charge >= 0.3 is 0 Å². The van der Waals surface area contributed by atoms with Crippen molar-refractivity contribution in [1.82, 2.24) is 14.5 Å². The van der Waals surface area contributed by atoms with E-state index in [1.54, 1.807) is 23.1 Å². The Kier molecular flexibility index (Phi) is 8.06. The van der Waals surface area contributed by atoms with Crippen LogP contribution in [0.1, 0.15) is 25.3 Å². The molecule has 29 heavy (non-hydrogen) atoms. The summed E-state index contributed by atoms with van der Waals surface area (Å²) in [7, 11) is -1.95. The van der Waals surface area contributed by atoms with E-state index in [1.165, 1.54) is 18.3 Å². The van der Waals surface area contributed by atoms with E-state index in [0.717, 1.165) is 5.41 Å². The summed E-state index contributed by atoms with van der Waals surface area (Å²) >= 11 is 6.00. The number of hydrogen-bond donors (Lipinski definition) is 1. The highest BCUT2D eigenvalue weighted by atomic mass is 35.5. The number of ether oxygens (including phenoxy) is 1. The van der Waals surface area contributed by atoms with Crippen molar-refractivity contribution in [3.05, 3.63) is 40.8 Å². The Morgan fingerprint density at radius 2 is 2.03 bits per heavy atom. The molecule has 0 spiro atoms. The molecule has 0 aromatic heterocycles. The van der Waals surface area contributed by atoms with Crippen LogP contribution in [0.5, 0.6) is 5.75 Å². The van der Waals surface area contributed by atoms with E-state index in [9.17, 15) is 18.0 Å². The van der Waals surface area contributed by atoms with Crippen molar-refractivity contribution in [2.24, 2.45) is 0 Å². The van der Waals surface area contributed by atoms with Gasteiger partial charge in [0.05, 0.1) is 0 Å². The molecule has 1 aromatic carbocycles. The number of nitrogens with zero attached hydrogens (tertiary/aromatic N) is 2. The molecule has 2 amide bonds. The van der Waals surface area contributed by atoms with E-state index < -0.39 is 10.0 Å². The maximum Gasteiger partial charge on any atom is 0.260 e. The number of likely N-dealkylation sites (tertiary alicyclic amines) is 1. The number of rotatable bonds is 8. The summed E-state index contributed by atoms with van der Waals surface area (Å²) in [5.41, 5.74) is 0.676. The van der Waals surface area contributed by atoms with E-state index in [-0.39, 0.29) is 31.0 Å². The van der Waals surface area contributed by atoms with Crippen LogP contribution in [0, 0.1) is 0 Å². The van der Waals surface area contributed by atoms with Crippen LogP contribution in [0.4, 0.5) is 0 Å². The molecule has 2 rings (SSSR count). The number of amides is 2. The smallest absolute Gasteiger partial charge is 0.260 e. The first-order chi connectivity index (χ1) is 13.6. The predicted molar refractivity (Wildman–Crippen MR) is 111 cm³/mol. The molecular formula is C19H26ClN3O5S. The standard InChI is InChI=1S/C19H26ClN3O5S/c1-4-29(26,27)22(3)17-7-9-23(10-8-17)19(25)13-28-18-6-5-16(20)11-15(18)12-21-14(2)24/h4-6,11,17H,1,7-10,12-13H2,2-3H3,(H,21,24). The molecule has 1 heterocycles. The number of carbonyl (C=O) groups is 2. The highest BCUT2D eigenvalue weighted by Gasteiger charge is 2.29. The first-order valence-corrected chi connectivity index (χ1v) is 11.1. The van der Waals surface area contributed by atoms with E-state index in [0.29, 0.717) is 42.3 Å². The van der Waals surface area contributed by atoms with Gasteiger partial charge in [-0.3, -0.25) is 9.59 Å². The SMILES string of the molecule is C=CS(=O)(=O)N(C)C1CCN(C(=O)COc2ccc(Cl)cc2CNC(C)=O)CC1. The molecule has 1 saturated heterocycles. The highest BCUT2D eigenvalue weighted by molar-refractivity contribution is 7.92. The fourth-order valence-electron chi connectivity index (χ4n) is 3.08. The Morgan fingerprint density at radius 3 is 2.62 bits per heavy atom. The molecule has 1 aromatic rings. The summed E-state index contributed by atoms with van der Waals surface area (Å²) in [5, 5.41) is 4.12. The van der Waals surface area contributed by atoms with Crippen molar-refractivity contribution in [3.8, 4) is 5.75 Å². The fraction of sp³-hybridized carbons (Fsp3) is 0.474. The number of benzene rings is 1. The van der Waals surface area contributed by atoms with Crippen LogP contribution in [-0.2, 0) is 26.2 Å². The zero-order valence-corrected chi connectivity index (χ0v) is 18.1. The minimum atomic E-state index is -3.47. The van der Waals surface area contributed by atoms with E-state index >= 15 is 0 Å². The van der Waals surface area contributed by atoms with Gasteiger partial charge in [0.15, 0.2) is 6.61 Å². The van der Waals surface area contributed by atoms with Crippen LogP contribution in [0.3, 0.4) is 0 Å². The van der Waals surface area contributed by atoms with Gasteiger partial charge in [0.2, 0.25) is 15.9 Å². The molecule has 0 saturated carbocycles. The summed E-state index contributed by atoms with van der Waals surface area (Å²) < 4.78 is 30.8. The van der Waals surface area contributed by atoms with Crippen LogP contribution in [0.25, 0.3) is 0 Å². The molecule has 1 aliphatic rings. The van der Waals surface area contributed by atoms with Crippen LogP contribution in [0.2, 0.25) is 5.02 Å². The summed E-state index contributed by atoms with van der Waals surface area (Å²) in [6.07, 6.45) is 1.09. The molecule has 10 heteroatoms. The first-order valence-electron chi connectivity index (χ1n) is 9.18. The number of halogens is 1. The molecule has 0 radical (unpaired) electrons. The molecule has 0 unspecified atom stereocenters. The minimum Gasteiger partial charge on any atom is -0.483 e. The van der Waals surface area contributed by atoms with Gasteiger partial charge in [-0.25, -0.2) is 8.42 Å². The average molecular weight is 444 g/mol. The molecule has 1 fully saturated rings. The Labute approximate surface area is 176 Å². The van der Waals surface area contributed by atoms with Crippen molar-refractivity contribution < 1.29 is 22.7 Å². The molecule has 0 bridgehead atoms. The third-order valence-electron chi connectivity index (χ3n) is 4.84. The Balaban J connectivity index is 1.91. The van der Waals surface area contributed by atoms with Crippen LogP contribution >= 0.6 is 11.6 Å². The van der Waals surface area contributed by atoms with Crippen LogP contribution < -0.4 is 10.1 Å². The highest BCUT2D eigenvalue weighted by Crippen LogP contribution is 2.23. The molecular weight excluding hydrogens is 418 g/mol. The first kappa shape index (κ1) is 23.2. The topological polar surface area (TPSA) is 96.0 Å². The summed E-state index contributed by atoms with van der Waals surface area (Å²) in [6.45, 7) is 5.74. The van der Waals surface area contributed by atoms with Gasteiger partial charge in [0.25, 0.3) is 5.91 Å². The number of carbonyl (C=O) groups excluding carboxylic acids is 2. The molecule has 0 atom stereocenters. The van der Waals surface area contributed by atoms with Gasteiger partial charge in [-0.2, -0.15) is 4.31 Å². The lowest BCUT2D eigenvalue weighted by atomic mass is 10.1. The molecule has 160 valence electrons. The fourth-order valence-corrected chi connectivity index (χ4v) is 4.14. The molecule has 8 nitrogen and oxygen atoms in total. The number of sulfonamides is 1. The van der Waals surface area contributed by atoms with Crippen molar-refractivity contribution in [3.63, 3.8) is 0 Å². The van der Waals surface area contributed by atoms with Crippen LogP contribution in [-0.4, -0.2) is 62.2 Å². The zero-order chi connectivity index (χ0) is 21.6. The molecule has 0 aliphatic carbocycles. The van der Waals surface area contributed by atoms with Crippen molar-refractivity contribution in [1.29, 1.82) is 0 Å². The number of hydrogen-bond acceptors (Lipinski definition) is 5. The summed E-state index contributed by atoms with van der Waals surface area (Å²) in [6, 6.07) is 4.83. The molecule has 1 aliphatic heterocycles. The zero-order valence-electron chi connectivity index (χ0n) is 16.6. The third kappa shape index (κ3) is 6.45. The predicted octanol–water partition coefficient (Wildman–Crippen LogP) is 1.75. The second-order valence-electron chi connectivity index (χ2n) is 6.79. The second kappa shape index (κ2) is 10.1. The summed E-state index contributed by atoms with van der Waals surface area (Å²) in [4.78, 5) is 25.3. The van der Waals surface area contributed by atoms with Gasteiger partial charge in [0, 0.05) is 55.6 Å². The normalized spacial score (nSPS) is 15.2. The monoisotopic (exact) mass is 443 g/mol. The van der Waals surface area contributed by atoms with E-state index in [1.807, 2.05) is 0 Å². The Morgan fingerprint density at radius 1 is 1.38 bits per heavy atom. The number of piperidine rings is 1. The van der Waals surface area contributed by atoms with Crippen LogP contribution in [0.15, 0.2) is 30.2 Å². The van der Waals surface area contributed by atoms with Gasteiger partial charge in [0.1, 0.15) is 5.75 Å². The Bertz CT molecular complexity index is 867. The Hall–Kier alpha value is -2.10. The lowest BCUT2D eigenvalue weighted by Crippen LogP contribution is -2.47. The van der Waals surface area contributed by atoms with Gasteiger partial charge in [-0.15, -0.1) is 0 Å². The van der Waals surface area contributed by atoms with Crippen molar-refractivity contribution in [2.45, 2.75) is 32.4 Å². The lowest BCUT2D eigenvalue weighted by molar-refractivity contribution is -0.134. The average Bonchev–Trinajstić information content (AvgIpc) is 2.70. The van der Waals surface area contributed by atoms with Gasteiger partial charge in [-0.1, -0.05) is 18.2 Å². The third-order valence-corrected chi connectivity index (χ3v) is 6.60. The van der Waals surface area contributed by atoms with Gasteiger partial charge < -0.3 is 15.0 Å². The second-order valence-corrected chi connectivity index (χ2v) is 9.17. The molecule has 1 N–H and O–H groups in total. The summed E-state index contributed by atoms with van der Waals surface area (Å²) in [5.74, 6) is 0.111. The maximum absolute atomic E-state index is 12.5. The van der Waals surface area contributed by atoms with Crippen molar-refractivity contribution in [2.75, 3.05) is 26.7 Å². The quantitative estimate of drug-likeness (QED) is 0.660. The van der Waals surface area contributed by atoms with Crippen molar-refractivity contribution >= 4 is 33.4 Å². The largest absolute Gasteiger partial charge is 0.483 e. The van der Waals surface area contributed by atoms with E-state index in [2.05, 4.69) is 11.9 Å².